The summed E-state index contributed by atoms with van der Waals surface area (Å²) < 4.78 is 4.88. The lowest BCUT2D eigenvalue weighted by Crippen LogP contribution is -2.01. The van der Waals surface area contributed by atoms with Crippen LogP contribution in [0.1, 0.15) is 16.1 Å². The highest BCUT2D eigenvalue weighted by atomic mass is 16.6. The summed E-state index contributed by atoms with van der Waals surface area (Å²) >= 11 is 0. The molecule has 2 rings (SSSR count). The van der Waals surface area contributed by atoms with E-state index in [1.807, 2.05) is 0 Å². The molecule has 0 saturated carbocycles. The van der Waals surface area contributed by atoms with Crippen LogP contribution in [0.4, 0.5) is 5.88 Å². The Hall–Kier alpha value is -3.20. The third-order valence-electron chi connectivity index (χ3n) is 2.48. The fourth-order valence-electron chi connectivity index (χ4n) is 1.55. The smallest absolute Gasteiger partial charge is 0.401 e. The molecule has 6 heteroatoms. The van der Waals surface area contributed by atoms with E-state index in [0.29, 0.717) is 5.56 Å². The number of nitrogens with zero attached hydrogens (tertiary/aromatic N) is 2. The minimum absolute atomic E-state index is 0.0810. The molecule has 1 aromatic carbocycles. The molecule has 0 amide bonds. The van der Waals surface area contributed by atoms with Gasteiger partial charge in [-0.05, 0) is 6.07 Å². The number of allylic oxidation sites excluding steroid dienone is 1. The molecule has 0 aliphatic rings. The number of carbonyl (C=O) groups excluding carboxylic acids is 1. The van der Waals surface area contributed by atoms with Gasteiger partial charge in [0.1, 0.15) is 22.3 Å². The molecule has 1 heterocycles. The Morgan fingerprint density at radius 1 is 1.25 bits per heavy atom. The van der Waals surface area contributed by atoms with Crippen molar-refractivity contribution in [3.05, 3.63) is 69.5 Å². The first-order valence-corrected chi connectivity index (χ1v) is 5.57. The SMILES string of the molecule is N#CC(=Cc1ccc([N+](=O)[O-])o1)C(=O)c1ccccc1. The van der Waals surface area contributed by atoms with E-state index in [9.17, 15) is 14.9 Å². The van der Waals surface area contributed by atoms with E-state index in [2.05, 4.69) is 0 Å². The third kappa shape index (κ3) is 2.79. The fraction of sp³-hybridized carbons (Fsp3) is 0. The fourth-order valence-corrected chi connectivity index (χ4v) is 1.55. The summed E-state index contributed by atoms with van der Waals surface area (Å²) in [6.07, 6.45) is 1.18. The van der Waals surface area contributed by atoms with Gasteiger partial charge in [-0.15, -0.1) is 0 Å². The van der Waals surface area contributed by atoms with Crippen LogP contribution < -0.4 is 0 Å². The summed E-state index contributed by atoms with van der Waals surface area (Å²) in [5.41, 5.74) is 0.210. The summed E-state index contributed by atoms with van der Waals surface area (Å²) in [6.45, 7) is 0. The van der Waals surface area contributed by atoms with E-state index < -0.39 is 16.6 Å². The Balaban J connectivity index is 2.32. The van der Waals surface area contributed by atoms with E-state index >= 15 is 0 Å². The third-order valence-corrected chi connectivity index (χ3v) is 2.48. The van der Waals surface area contributed by atoms with Crippen LogP contribution in [-0.2, 0) is 0 Å². The van der Waals surface area contributed by atoms with Gasteiger partial charge in [-0.1, -0.05) is 30.3 Å². The predicted octanol–water partition coefficient (Wildman–Crippen LogP) is 2.98. The molecule has 20 heavy (non-hydrogen) atoms. The molecule has 6 nitrogen and oxygen atoms in total. The maximum absolute atomic E-state index is 12.1. The highest BCUT2D eigenvalue weighted by molar-refractivity contribution is 6.13. The van der Waals surface area contributed by atoms with Gasteiger partial charge in [-0.2, -0.15) is 5.26 Å². The first-order valence-electron chi connectivity index (χ1n) is 5.57. The van der Waals surface area contributed by atoms with Crippen LogP contribution in [0.3, 0.4) is 0 Å². The number of hydrogen-bond acceptors (Lipinski definition) is 5. The van der Waals surface area contributed by atoms with Gasteiger partial charge in [-0.25, -0.2) is 0 Å². The number of ketones is 1. The molecule has 98 valence electrons. The van der Waals surface area contributed by atoms with E-state index in [0.717, 1.165) is 6.07 Å². The van der Waals surface area contributed by atoms with Crippen LogP contribution in [-0.4, -0.2) is 10.7 Å². The van der Waals surface area contributed by atoms with Gasteiger partial charge >= 0.3 is 5.88 Å². The van der Waals surface area contributed by atoms with Crippen molar-refractivity contribution >= 4 is 17.7 Å². The lowest BCUT2D eigenvalue weighted by Gasteiger charge is -1.97. The molecular formula is C14H8N2O4. The van der Waals surface area contributed by atoms with Gasteiger partial charge in [0.25, 0.3) is 0 Å². The standard InChI is InChI=1S/C14H8N2O4/c15-9-11(14(17)10-4-2-1-3-5-10)8-12-6-7-13(20-12)16(18)19/h1-8H. The number of benzene rings is 1. The Morgan fingerprint density at radius 3 is 2.50 bits per heavy atom. The number of furan rings is 1. The maximum atomic E-state index is 12.1. The number of Topliss-reactive ketones (excluding diaryl/α,β-unsaturated/α-hetero) is 1. The van der Waals surface area contributed by atoms with Crippen molar-refractivity contribution in [2.24, 2.45) is 0 Å². The van der Waals surface area contributed by atoms with E-state index in [1.165, 1.54) is 12.1 Å². The molecule has 0 fully saturated rings. The molecule has 0 bridgehead atoms. The Morgan fingerprint density at radius 2 is 1.95 bits per heavy atom. The number of rotatable bonds is 4. The number of hydrogen-bond donors (Lipinski definition) is 0. The Kier molecular flexibility index (Phi) is 3.72. The second-order valence-electron chi connectivity index (χ2n) is 3.80. The second kappa shape index (κ2) is 5.63. The van der Waals surface area contributed by atoms with Crippen molar-refractivity contribution in [1.29, 1.82) is 5.26 Å². The summed E-state index contributed by atoms with van der Waals surface area (Å²) in [5, 5.41) is 19.5. The molecule has 0 aliphatic heterocycles. The summed E-state index contributed by atoms with van der Waals surface area (Å²) in [6, 6.07) is 12.5. The molecule has 0 saturated heterocycles. The molecular weight excluding hydrogens is 260 g/mol. The average Bonchev–Trinajstić information content (AvgIpc) is 2.94. The molecule has 0 unspecified atom stereocenters. The molecule has 0 atom stereocenters. The number of carbonyl (C=O) groups is 1. The van der Waals surface area contributed by atoms with Gasteiger partial charge in [0.2, 0.25) is 5.78 Å². The predicted molar refractivity (Wildman–Crippen MR) is 69.7 cm³/mol. The number of nitro groups is 1. The normalized spacial score (nSPS) is 10.8. The summed E-state index contributed by atoms with van der Waals surface area (Å²) in [4.78, 5) is 21.8. The minimum atomic E-state index is -0.692. The Bertz CT molecular complexity index is 723. The molecule has 0 N–H and O–H groups in total. The van der Waals surface area contributed by atoms with Gasteiger partial charge < -0.3 is 4.42 Å². The largest absolute Gasteiger partial charge is 0.433 e. The summed E-state index contributed by atoms with van der Waals surface area (Å²) in [5.74, 6) is -0.828. The van der Waals surface area contributed by atoms with Crippen molar-refractivity contribution in [3.63, 3.8) is 0 Å². The van der Waals surface area contributed by atoms with Crippen molar-refractivity contribution < 1.29 is 14.1 Å². The topological polar surface area (TPSA) is 97.1 Å². The van der Waals surface area contributed by atoms with Crippen molar-refractivity contribution in [1.82, 2.24) is 0 Å². The second-order valence-corrected chi connectivity index (χ2v) is 3.80. The van der Waals surface area contributed by atoms with Crippen molar-refractivity contribution in [3.8, 4) is 6.07 Å². The highest BCUT2D eigenvalue weighted by Gasteiger charge is 2.15. The highest BCUT2D eigenvalue weighted by Crippen LogP contribution is 2.19. The zero-order valence-corrected chi connectivity index (χ0v) is 10.1. The van der Waals surface area contributed by atoms with Crippen molar-refractivity contribution in [2.45, 2.75) is 0 Å². The van der Waals surface area contributed by atoms with E-state index in [-0.39, 0.29) is 11.3 Å². The average molecular weight is 268 g/mol. The van der Waals surface area contributed by atoms with Crippen LogP contribution in [0, 0.1) is 21.4 Å². The van der Waals surface area contributed by atoms with Crippen LogP contribution in [0.5, 0.6) is 0 Å². The molecule has 0 radical (unpaired) electrons. The first kappa shape index (κ1) is 13.2. The zero-order chi connectivity index (χ0) is 14.5. The van der Waals surface area contributed by atoms with Crippen LogP contribution in [0.25, 0.3) is 6.08 Å². The van der Waals surface area contributed by atoms with E-state index in [4.69, 9.17) is 9.68 Å². The van der Waals surface area contributed by atoms with Gasteiger partial charge in [0.15, 0.2) is 0 Å². The number of nitriles is 1. The maximum Gasteiger partial charge on any atom is 0.433 e. The Labute approximate surface area is 113 Å². The molecule has 1 aromatic heterocycles. The monoisotopic (exact) mass is 268 g/mol. The summed E-state index contributed by atoms with van der Waals surface area (Å²) in [7, 11) is 0. The van der Waals surface area contributed by atoms with Gasteiger partial charge in [0.05, 0.1) is 6.07 Å². The molecule has 2 aromatic rings. The zero-order valence-electron chi connectivity index (χ0n) is 10.1. The molecule has 0 spiro atoms. The quantitative estimate of drug-likeness (QED) is 0.279. The van der Waals surface area contributed by atoms with Gasteiger partial charge in [-0.3, -0.25) is 14.9 Å². The lowest BCUT2D eigenvalue weighted by atomic mass is 10.0. The van der Waals surface area contributed by atoms with Gasteiger partial charge in [0, 0.05) is 11.6 Å². The van der Waals surface area contributed by atoms with E-state index in [1.54, 1.807) is 36.4 Å². The van der Waals surface area contributed by atoms with Crippen LogP contribution in [0.2, 0.25) is 0 Å². The minimum Gasteiger partial charge on any atom is -0.401 e. The van der Waals surface area contributed by atoms with Crippen LogP contribution >= 0.6 is 0 Å². The van der Waals surface area contributed by atoms with Crippen LogP contribution in [0.15, 0.2) is 52.5 Å². The first-order chi connectivity index (χ1) is 9.61. The molecule has 0 aliphatic carbocycles. The lowest BCUT2D eigenvalue weighted by molar-refractivity contribution is -0.402. The van der Waals surface area contributed by atoms with Crippen molar-refractivity contribution in [2.75, 3.05) is 0 Å².